The van der Waals surface area contributed by atoms with Crippen LogP contribution in [0.1, 0.15) is 80.9 Å². The van der Waals surface area contributed by atoms with Gasteiger partial charge in [0.05, 0.1) is 5.69 Å². The van der Waals surface area contributed by atoms with Crippen molar-refractivity contribution in [2.75, 3.05) is 13.2 Å². The minimum Gasteiger partial charge on any atom is -0.381 e. The lowest BCUT2D eigenvalue weighted by Gasteiger charge is -2.32. The van der Waals surface area contributed by atoms with Crippen LogP contribution in [-0.2, 0) is 11.8 Å². The van der Waals surface area contributed by atoms with Crippen molar-refractivity contribution in [1.29, 1.82) is 0 Å². The first-order chi connectivity index (χ1) is 12.1. The number of carbonyl (C=O) groups excluding carboxylic acids is 1. The van der Waals surface area contributed by atoms with Crippen LogP contribution < -0.4 is 5.32 Å². The first-order valence-corrected chi connectivity index (χ1v) is 9.98. The number of hydrogen-bond donors (Lipinski definition) is 1. The van der Waals surface area contributed by atoms with E-state index in [1.165, 1.54) is 32.1 Å². The van der Waals surface area contributed by atoms with Gasteiger partial charge in [0.15, 0.2) is 0 Å². The Balaban J connectivity index is 1.61. The smallest absolute Gasteiger partial charge is 0.269 e. The second kappa shape index (κ2) is 8.35. The molecule has 1 saturated carbocycles. The lowest BCUT2D eigenvalue weighted by atomic mass is 9.78. The molecule has 2 atom stereocenters. The van der Waals surface area contributed by atoms with Crippen molar-refractivity contribution in [2.24, 2.45) is 18.9 Å². The molecule has 2 aliphatic rings. The van der Waals surface area contributed by atoms with Crippen molar-refractivity contribution in [3.63, 3.8) is 0 Å². The third kappa shape index (κ3) is 4.43. The summed E-state index contributed by atoms with van der Waals surface area (Å²) in [6, 6.07) is 2.17. The predicted molar refractivity (Wildman–Crippen MR) is 98.7 cm³/mol. The molecule has 25 heavy (non-hydrogen) atoms. The summed E-state index contributed by atoms with van der Waals surface area (Å²) in [6.07, 6.45) is 8.65. The van der Waals surface area contributed by atoms with E-state index in [9.17, 15) is 4.79 Å². The zero-order valence-corrected chi connectivity index (χ0v) is 16.0. The number of rotatable bonds is 5. The Labute approximate surface area is 151 Å². The molecule has 0 aromatic carbocycles. The molecule has 5 heteroatoms. The van der Waals surface area contributed by atoms with Crippen LogP contribution in [-0.4, -0.2) is 34.9 Å². The Kier molecular flexibility index (Phi) is 6.15. The van der Waals surface area contributed by atoms with Gasteiger partial charge in [-0.05, 0) is 37.7 Å². The Morgan fingerprint density at radius 3 is 2.56 bits per heavy atom. The third-order valence-electron chi connectivity index (χ3n) is 6.31. The lowest BCUT2D eigenvalue weighted by Crippen LogP contribution is -2.40. The van der Waals surface area contributed by atoms with E-state index in [1.54, 1.807) is 4.68 Å². The molecule has 1 saturated heterocycles. The number of nitrogens with one attached hydrogen (secondary N) is 1. The molecule has 0 radical (unpaired) electrons. The topological polar surface area (TPSA) is 56.1 Å². The van der Waals surface area contributed by atoms with E-state index < -0.39 is 0 Å². The van der Waals surface area contributed by atoms with Gasteiger partial charge in [-0.2, -0.15) is 5.10 Å². The fourth-order valence-electron chi connectivity index (χ4n) is 4.38. The fourth-order valence-corrected chi connectivity index (χ4v) is 4.38. The Morgan fingerprint density at radius 2 is 1.88 bits per heavy atom. The van der Waals surface area contributed by atoms with Crippen molar-refractivity contribution in [1.82, 2.24) is 15.1 Å². The first kappa shape index (κ1) is 18.4. The van der Waals surface area contributed by atoms with Gasteiger partial charge >= 0.3 is 0 Å². The van der Waals surface area contributed by atoms with Crippen LogP contribution in [0.25, 0.3) is 0 Å². The highest BCUT2D eigenvalue weighted by molar-refractivity contribution is 5.92. The molecule has 3 rings (SSSR count). The highest BCUT2D eigenvalue weighted by Gasteiger charge is 2.27. The van der Waals surface area contributed by atoms with Crippen LogP contribution >= 0.6 is 0 Å². The van der Waals surface area contributed by atoms with Gasteiger partial charge in [-0.3, -0.25) is 9.48 Å². The number of amides is 1. The van der Waals surface area contributed by atoms with E-state index in [2.05, 4.69) is 24.3 Å². The molecular formula is C20H33N3O2. The number of aromatic nitrogens is 2. The van der Waals surface area contributed by atoms with Gasteiger partial charge < -0.3 is 10.1 Å². The molecule has 1 aromatic heterocycles. The molecule has 5 nitrogen and oxygen atoms in total. The average molecular weight is 348 g/mol. The summed E-state index contributed by atoms with van der Waals surface area (Å²) >= 11 is 0. The van der Waals surface area contributed by atoms with E-state index in [-0.39, 0.29) is 11.9 Å². The molecule has 0 spiro atoms. The van der Waals surface area contributed by atoms with E-state index in [0.29, 0.717) is 17.5 Å². The third-order valence-corrected chi connectivity index (χ3v) is 6.31. The Hall–Kier alpha value is -1.36. The minimum absolute atomic E-state index is 0.00321. The minimum atomic E-state index is 0.00321. The highest BCUT2D eigenvalue weighted by Crippen LogP contribution is 2.31. The standard InChI is InChI=1S/C20H33N3O2/c1-14(16-7-5-4-6-8-16)15(2)21-20(24)19-13-18(22-23(19)3)17-9-11-25-12-10-17/h13-17H,4-12H2,1-3H3,(H,21,24). The monoisotopic (exact) mass is 347 g/mol. The summed E-state index contributed by atoms with van der Waals surface area (Å²) in [4.78, 5) is 12.8. The lowest BCUT2D eigenvalue weighted by molar-refractivity contribution is 0.0844. The predicted octanol–water partition coefficient (Wildman–Crippen LogP) is 3.65. The van der Waals surface area contributed by atoms with Gasteiger partial charge in [-0.25, -0.2) is 0 Å². The highest BCUT2D eigenvalue weighted by atomic mass is 16.5. The number of hydrogen-bond acceptors (Lipinski definition) is 3. The van der Waals surface area contributed by atoms with Crippen LogP contribution in [0, 0.1) is 11.8 Å². The zero-order chi connectivity index (χ0) is 17.8. The maximum atomic E-state index is 12.8. The molecule has 1 aliphatic carbocycles. The number of ether oxygens (including phenoxy) is 1. The van der Waals surface area contributed by atoms with Crippen LogP contribution in [0.4, 0.5) is 0 Å². The molecule has 1 aliphatic heterocycles. The van der Waals surface area contributed by atoms with E-state index in [0.717, 1.165) is 37.7 Å². The van der Waals surface area contributed by atoms with Gasteiger partial charge in [0.1, 0.15) is 5.69 Å². The summed E-state index contributed by atoms with van der Waals surface area (Å²) in [7, 11) is 1.87. The first-order valence-electron chi connectivity index (χ1n) is 9.98. The van der Waals surface area contributed by atoms with Gasteiger partial charge in [-0.15, -0.1) is 0 Å². The summed E-state index contributed by atoms with van der Waals surface area (Å²) in [5.41, 5.74) is 1.70. The maximum absolute atomic E-state index is 12.8. The number of carbonyl (C=O) groups is 1. The second-order valence-corrected chi connectivity index (χ2v) is 7.98. The summed E-state index contributed by atoms with van der Waals surface area (Å²) in [5.74, 6) is 1.68. The van der Waals surface area contributed by atoms with Gasteiger partial charge in [0, 0.05) is 32.2 Å². The van der Waals surface area contributed by atoms with Crippen LogP contribution in [0.3, 0.4) is 0 Å². The molecule has 2 unspecified atom stereocenters. The van der Waals surface area contributed by atoms with Gasteiger partial charge in [0.2, 0.25) is 0 Å². The van der Waals surface area contributed by atoms with Crippen LogP contribution in [0.15, 0.2) is 6.07 Å². The van der Waals surface area contributed by atoms with Crippen LogP contribution in [0.5, 0.6) is 0 Å². The summed E-state index contributed by atoms with van der Waals surface area (Å²) in [6.45, 7) is 6.02. The second-order valence-electron chi connectivity index (χ2n) is 7.98. The molecule has 1 N–H and O–H groups in total. The Bertz CT molecular complexity index is 571. The van der Waals surface area contributed by atoms with Crippen molar-refractivity contribution in [3.05, 3.63) is 17.5 Å². The SMILES string of the molecule is CC(NC(=O)c1cc(C2CCOCC2)nn1C)C(C)C1CCCCC1. The molecule has 140 valence electrons. The summed E-state index contributed by atoms with van der Waals surface area (Å²) in [5, 5.41) is 7.82. The van der Waals surface area contributed by atoms with E-state index in [4.69, 9.17) is 4.74 Å². The van der Waals surface area contributed by atoms with Crippen LogP contribution in [0.2, 0.25) is 0 Å². The molecule has 1 aromatic rings. The average Bonchev–Trinajstić information content (AvgIpc) is 3.04. The van der Waals surface area contributed by atoms with E-state index >= 15 is 0 Å². The van der Waals surface area contributed by atoms with Crippen molar-refractivity contribution < 1.29 is 9.53 Å². The quantitative estimate of drug-likeness (QED) is 0.884. The summed E-state index contributed by atoms with van der Waals surface area (Å²) < 4.78 is 7.16. The number of nitrogens with zero attached hydrogens (tertiary/aromatic N) is 2. The van der Waals surface area contributed by atoms with Crippen molar-refractivity contribution in [2.45, 2.75) is 70.8 Å². The zero-order valence-electron chi connectivity index (χ0n) is 16.0. The maximum Gasteiger partial charge on any atom is 0.269 e. The number of aryl methyl sites for hydroxylation is 1. The molecular weight excluding hydrogens is 314 g/mol. The van der Waals surface area contributed by atoms with Crippen molar-refractivity contribution in [3.8, 4) is 0 Å². The molecule has 0 bridgehead atoms. The molecule has 2 heterocycles. The van der Waals surface area contributed by atoms with Gasteiger partial charge in [0.25, 0.3) is 5.91 Å². The Morgan fingerprint density at radius 1 is 1.20 bits per heavy atom. The van der Waals surface area contributed by atoms with Crippen molar-refractivity contribution >= 4 is 5.91 Å². The van der Waals surface area contributed by atoms with Gasteiger partial charge in [-0.1, -0.05) is 39.0 Å². The molecule has 2 fully saturated rings. The normalized spacial score (nSPS) is 22.5. The van der Waals surface area contributed by atoms with E-state index in [1.807, 2.05) is 13.1 Å². The fraction of sp³-hybridized carbons (Fsp3) is 0.800. The largest absolute Gasteiger partial charge is 0.381 e. The molecule has 1 amide bonds.